The van der Waals surface area contributed by atoms with E-state index in [1.165, 1.54) is 7.11 Å². The monoisotopic (exact) mass is 232 g/mol. The molecule has 0 spiro atoms. The van der Waals surface area contributed by atoms with Gasteiger partial charge in [-0.25, -0.2) is 8.42 Å². The van der Waals surface area contributed by atoms with Gasteiger partial charge in [-0.2, -0.15) is 0 Å². The van der Waals surface area contributed by atoms with Crippen LogP contribution in [0, 0.1) is 0 Å². The molecule has 0 saturated heterocycles. The van der Waals surface area contributed by atoms with Gasteiger partial charge in [-0.05, 0) is 25.7 Å². The maximum absolute atomic E-state index is 11.7. The number of hydrogen-bond donors (Lipinski definition) is 0. The molecule has 0 radical (unpaired) electrons. The molecule has 0 unspecified atom stereocenters. The molecule has 5 heteroatoms. The van der Waals surface area contributed by atoms with Crippen LogP contribution in [0.4, 0.5) is 0 Å². The molecule has 0 aliphatic heterocycles. The Morgan fingerprint density at radius 2 is 2.20 bits per heavy atom. The molecule has 86 valence electrons. The fourth-order valence-corrected chi connectivity index (χ4v) is 3.07. The molecule has 0 aromatic rings. The molecule has 0 amide bonds. The molecule has 0 aromatic heterocycles. The fraction of sp³-hybridized carbons (Fsp3) is 0.700. The Kier molecular flexibility index (Phi) is 4.32. The average molecular weight is 232 g/mol. The number of methoxy groups -OCH3 is 1. The lowest BCUT2D eigenvalue weighted by Gasteiger charge is -2.12. The zero-order chi connectivity index (χ0) is 11.3. The second kappa shape index (κ2) is 5.30. The van der Waals surface area contributed by atoms with Gasteiger partial charge in [0, 0.05) is 4.91 Å². The highest BCUT2D eigenvalue weighted by Crippen LogP contribution is 2.23. The molecular formula is C10H16O4S. The molecule has 0 N–H and O–H groups in total. The molecule has 1 rings (SSSR count). The number of sulfone groups is 1. The van der Waals surface area contributed by atoms with E-state index in [1.54, 1.807) is 6.08 Å². The first kappa shape index (κ1) is 12.2. The van der Waals surface area contributed by atoms with Crippen molar-refractivity contribution < 1.29 is 17.9 Å². The van der Waals surface area contributed by atoms with Crippen molar-refractivity contribution >= 4 is 15.8 Å². The molecule has 15 heavy (non-hydrogen) atoms. The lowest BCUT2D eigenvalue weighted by molar-refractivity contribution is -0.140. The maximum Gasteiger partial charge on any atom is 0.306 e. The molecule has 0 heterocycles. The minimum atomic E-state index is -3.23. The lowest BCUT2D eigenvalue weighted by Crippen LogP contribution is -2.15. The first-order valence-electron chi connectivity index (χ1n) is 5.05. The van der Waals surface area contributed by atoms with E-state index in [0.29, 0.717) is 11.3 Å². The van der Waals surface area contributed by atoms with E-state index in [-0.39, 0.29) is 12.2 Å². The van der Waals surface area contributed by atoms with Crippen molar-refractivity contribution in [1.29, 1.82) is 0 Å². The summed E-state index contributed by atoms with van der Waals surface area (Å²) < 4.78 is 27.9. The van der Waals surface area contributed by atoms with Crippen LogP contribution in [0.3, 0.4) is 0 Å². The molecule has 0 atom stereocenters. The first-order chi connectivity index (χ1) is 7.06. The van der Waals surface area contributed by atoms with E-state index in [9.17, 15) is 13.2 Å². The van der Waals surface area contributed by atoms with Crippen LogP contribution in [-0.4, -0.2) is 27.2 Å². The van der Waals surface area contributed by atoms with Gasteiger partial charge in [-0.3, -0.25) is 4.79 Å². The van der Waals surface area contributed by atoms with Gasteiger partial charge in [0.2, 0.25) is 0 Å². The van der Waals surface area contributed by atoms with Crippen molar-refractivity contribution in [3.8, 4) is 0 Å². The van der Waals surface area contributed by atoms with E-state index in [0.717, 1.165) is 19.3 Å². The minimum absolute atomic E-state index is 0.0594. The summed E-state index contributed by atoms with van der Waals surface area (Å²) in [5.74, 6) is -0.610. The van der Waals surface area contributed by atoms with Crippen LogP contribution in [0.5, 0.6) is 0 Å². The van der Waals surface area contributed by atoms with Crippen LogP contribution in [0.15, 0.2) is 11.0 Å². The van der Waals surface area contributed by atoms with Crippen molar-refractivity contribution in [1.82, 2.24) is 0 Å². The van der Waals surface area contributed by atoms with Crippen LogP contribution in [0.2, 0.25) is 0 Å². The number of carbonyl (C=O) groups is 1. The van der Waals surface area contributed by atoms with Crippen molar-refractivity contribution in [3.05, 3.63) is 11.0 Å². The van der Waals surface area contributed by atoms with E-state index in [1.807, 2.05) is 0 Å². The van der Waals surface area contributed by atoms with E-state index < -0.39 is 15.8 Å². The zero-order valence-corrected chi connectivity index (χ0v) is 9.68. The van der Waals surface area contributed by atoms with Crippen molar-refractivity contribution in [2.75, 3.05) is 12.9 Å². The van der Waals surface area contributed by atoms with Crippen LogP contribution >= 0.6 is 0 Å². The number of allylic oxidation sites excluding steroid dienone is 2. The standard InChI is InChI=1S/C10H16O4S/c1-14-10(11)7-8-15(12,13)9-5-3-2-4-6-9/h5H,2-4,6-8H2,1H3. The Balaban J connectivity index is 2.58. The number of esters is 1. The molecule has 0 fully saturated rings. The van der Waals surface area contributed by atoms with Crippen LogP contribution in [0.25, 0.3) is 0 Å². The first-order valence-corrected chi connectivity index (χ1v) is 6.70. The minimum Gasteiger partial charge on any atom is -0.469 e. The summed E-state index contributed by atoms with van der Waals surface area (Å²) in [6.45, 7) is 0. The predicted molar refractivity (Wildman–Crippen MR) is 57.0 cm³/mol. The number of rotatable bonds is 4. The average Bonchev–Trinajstić information content (AvgIpc) is 2.27. The summed E-state index contributed by atoms with van der Waals surface area (Å²) in [6, 6.07) is 0. The third-order valence-corrected chi connectivity index (χ3v) is 4.36. The lowest BCUT2D eigenvalue weighted by atomic mass is 10.1. The van der Waals surface area contributed by atoms with Gasteiger partial charge in [-0.15, -0.1) is 0 Å². The van der Waals surface area contributed by atoms with E-state index >= 15 is 0 Å². The Hall–Kier alpha value is -0.840. The van der Waals surface area contributed by atoms with Gasteiger partial charge >= 0.3 is 5.97 Å². The molecule has 1 aliphatic carbocycles. The normalized spacial score (nSPS) is 17.0. The van der Waals surface area contributed by atoms with Crippen molar-refractivity contribution in [2.24, 2.45) is 0 Å². The third kappa shape index (κ3) is 3.66. The second-order valence-electron chi connectivity index (χ2n) is 3.56. The Bertz CT molecular complexity index is 354. The second-order valence-corrected chi connectivity index (χ2v) is 5.72. The molecule has 0 aromatic carbocycles. The molecule has 4 nitrogen and oxygen atoms in total. The Morgan fingerprint density at radius 3 is 2.73 bits per heavy atom. The number of hydrogen-bond acceptors (Lipinski definition) is 4. The van der Waals surface area contributed by atoms with Gasteiger partial charge in [0.15, 0.2) is 9.84 Å². The highest BCUT2D eigenvalue weighted by Gasteiger charge is 2.20. The number of ether oxygens (including phenoxy) is 1. The van der Waals surface area contributed by atoms with Gasteiger partial charge in [0.25, 0.3) is 0 Å². The van der Waals surface area contributed by atoms with E-state index in [2.05, 4.69) is 4.74 Å². The maximum atomic E-state index is 11.7. The Labute approximate surface area is 90.2 Å². The van der Waals surface area contributed by atoms with Gasteiger partial charge < -0.3 is 4.74 Å². The highest BCUT2D eigenvalue weighted by atomic mass is 32.2. The third-order valence-electron chi connectivity index (χ3n) is 2.45. The Morgan fingerprint density at radius 1 is 1.47 bits per heavy atom. The summed E-state index contributed by atoms with van der Waals surface area (Å²) in [6.07, 6.45) is 5.13. The van der Waals surface area contributed by atoms with Crippen LogP contribution in [-0.2, 0) is 19.4 Å². The van der Waals surface area contributed by atoms with Crippen LogP contribution < -0.4 is 0 Å². The summed E-state index contributed by atoms with van der Waals surface area (Å²) in [4.78, 5) is 11.3. The van der Waals surface area contributed by atoms with Crippen LogP contribution in [0.1, 0.15) is 32.1 Å². The summed E-state index contributed by atoms with van der Waals surface area (Å²) in [7, 11) is -1.97. The molecule has 1 aliphatic rings. The van der Waals surface area contributed by atoms with Gasteiger partial charge in [-0.1, -0.05) is 6.08 Å². The van der Waals surface area contributed by atoms with Crippen molar-refractivity contribution in [3.63, 3.8) is 0 Å². The fourth-order valence-electron chi connectivity index (χ4n) is 1.54. The number of carbonyl (C=O) groups excluding carboxylic acids is 1. The topological polar surface area (TPSA) is 60.4 Å². The quantitative estimate of drug-likeness (QED) is 0.688. The highest BCUT2D eigenvalue weighted by molar-refractivity contribution is 7.95. The molecule has 0 saturated carbocycles. The largest absolute Gasteiger partial charge is 0.469 e. The SMILES string of the molecule is COC(=O)CCS(=O)(=O)C1=CCCCC1. The summed E-state index contributed by atoms with van der Waals surface area (Å²) >= 11 is 0. The predicted octanol–water partition coefficient (Wildman–Crippen LogP) is 1.42. The molecule has 0 bridgehead atoms. The van der Waals surface area contributed by atoms with Gasteiger partial charge in [0.1, 0.15) is 0 Å². The zero-order valence-electron chi connectivity index (χ0n) is 8.86. The smallest absolute Gasteiger partial charge is 0.306 e. The van der Waals surface area contributed by atoms with E-state index in [4.69, 9.17) is 0 Å². The van der Waals surface area contributed by atoms with Gasteiger partial charge in [0.05, 0.1) is 19.3 Å². The summed E-state index contributed by atoms with van der Waals surface area (Å²) in [5, 5.41) is 0. The molecular weight excluding hydrogens is 216 g/mol. The van der Waals surface area contributed by atoms with Crippen molar-refractivity contribution in [2.45, 2.75) is 32.1 Å². The summed E-state index contributed by atoms with van der Waals surface area (Å²) in [5.41, 5.74) is 0.